The number of fused-ring (bicyclic) bond motifs is 16. The molecule has 17 heterocycles. The lowest BCUT2D eigenvalue weighted by Gasteiger charge is -2.38. The van der Waals surface area contributed by atoms with Gasteiger partial charge in [0.15, 0.2) is 63.1 Å². The summed E-state index contributed by atoms with van der Waals surface area (Å²) in [6, 6.07) is 43.6. The molecule has 0 saturated carbocycles. The molecule has 1 fully saturated rings. The molecule has 5 aliphatic heterocycles. The molecule has 5 atom stereocenters. The third kappa shape index (κ3) is 14.2. The topological polar surface area (TPSA) is 224 Å². The lowest BCUT2D eigenvalue weighted by Crippen LogP contribution is -2.43. The van der Waals surface area contributed by atoms with E-state index in [1.807, 2.05) is 151 Å². The van der Waals surface area contributed by atoms with Crippen molar-refractivity contribution in [3.8, 4) is 0 Å². The molecule has 12 aromatic heterocycles. The number of para-hydroxylation sites is 1. The number of hydrogen-bond donors (Lipinski definition) is 0. The zero-order valence-corrected chi connectivity index (χ0v) is 76.9. The zero-order chi connectivity index (χ0) is 94.8. The Kier molecular flexibility index (Phi) is 19.5. The summed E-state index contributed by atoms with van der Waals surface area (Å²) in [5, 5.41) is 7.95. The first-order valence-corrected chi connectivity index (χ1v) is 43.6. The maximum Gasteiger partial charge on any atom is 0.227 e. The van der Waals surface area contributed by atoms with Gasteiger partial charge in [-0.1, -0.05) is 80.6 Å². The Labute approximate surface area is 750 Å². The predicted molar refractivity (Wildman–Crippen MR) is 518 cm³/mol. The van der Waals surface area contributed by atoms with Crippen LogP contribution in [0.5, 0.6) is 0 Å². The summed E-state index contributed by atoms with van der Waals surface area (Å²) >= 11 is 0. The SMILES string of the molecule is Cc1ccccc1N1[C@@H](C)C(C)(C)CC1(C)C.[2H]C(C)(C)N1c2ncccc2N(c2c(C)ccc3c2oc2nc(C)ccc23)[C@H]1C.[2H]C(C)(C)N1c2nccnc2N(c2c(C)ccc3c2oc2nc(C)ccc23)[C@H]1C.[2H]C(C)(C)N1c2nccnc2N(c2c(C)ccc3c2oc2nc(C)ccc23)[C@H]1C.[2H]C([2H])([2H])N1c2nccnc2N(c2c(C)ccc3c2oc2nc(C)ccc23)[C@H]1C. The number of furan rings is 4. The second-order valence-electron chi connectivity index (χ2n) is 36.2. The van der Waals surface area contributed by atoms with Crippen molar-refractivity contribution in [3.05, 3.63) is 227 Å². The Hall–Kier alpha value is -13.5. The molecule has 0 bridgehead atoms. The molecule has 24 heteroatoms. The maximum atomic E-state index is 8.70. The fourth-order valence-corrected chi connectivity index (χ4v) is 20.0. The third-order valence-electron chi connectivity index (χ3n) is 25.7. The molecule has 0 spiro atoms. The minimum Gasteiger partial charge on any atom is -0.435 e. The van der Waals surface area contributed by atoms with Crippen LogP contribution in [0.25, 0.3) is 88.3 Å². The highest BCUT2D eigenvalue weighted by molar-refractivity contribution is 6.13. The van der Waals surface area contributed by atoms with Crippen molar-refractivity contribution in [3.63, 3.8) is 0 Å². The van der Waals surface area contributed by atoms with Crippen molar-refractivity contribution in [2.45, 2.75) is 227 Å². The van der Waals surface area contributed by atoms with Crippen molar-refractivity contribution < 1.29 is 25.9 Å². The second-order valence-corrected chi connectivity index (χ2v) is 36.2. The lowest BCUT2D eigenvalue weighted by atomic mass is 9.82. The van der Waals surface area contributed by atoms with Gasteiger partial charge < -0.3 is 47.1 Å². The first kappa shape index (κ1) is 77.1. The van der Waals surface area contributed by atoms with Gasteiger partial charge in [0.25, 0.3) is 0 Å². The molecule has 5 aromatic carbocycles. The summed E-state index contributed by atoms with van der Waals surface area (Å²) < 4.78 is 75.1. The number of benzene rings is 5. The van der Waals surface area contributed by atoms with Gasteiger partial charge in [-0.3, -0.25) is 14.7 Å². The van der Waals surface area contributed by atoms with Crippen LogP contribution < -0.4 is 44.1 Å². The second kappa shape index (κ2) is 32.2. The molecule has 0 amide bonds. The zero-order valence-electron chi connectivity index (χ0n) is 82.9. The monoisotopic (exact) mass is 1700 g/mol. The standard InChI is InChI=1S/C23H24N4O.2C22H23N5O.C20H19N5O.C16H25N/c1-13(2)26-16(5)27(19-7-6-12-24-22(19)26)20-14(3)8-10-17-18-11-9-15(4)25-23(18)28-21(17)20;2*1-12(2)26-15(5)27(21-20(26)23-10-11-24-21)18-13(3)6-8-16-17-9-7-14(4)25-22(17)28-19(16)18;1-11-5-7-14-15-8-6-12(2)23-20(15)26-17(14)16(11)25-13(3)24(4)18-19(25)22-10-9-21-18;1-12-9-7-8-10-14(12)17-13(2)15(3,4)11-16(17,5)6/h6-13,16H,1-5H3;2*6-12,15H,1-5H3;5-10,13H,1-4H3;7-10,13H,11H2,1-6H3/t16-;2*15-;2*13-/m00000/s1/i13D;2*12D;4D3;. The highest BCUT2D eigenvalue weighted by atomic mass is 16.4. The van der Waals surface area contributed by atoms with Gasteiger partial charge in [0.2, 0.25) is 22.9 Å². The highest BCUT2D eigenvalue weighted by Gasteiger charge is 2.50. The normalized spacial score (nSPS) is 18.9. The van der Waals surface area contributed by atoms with Crippen molar-refractivity contribution in [1.29, 1.82) is 0 Å². The molecule has 22 rings (SSSR count). The van der Waals surface area contributed by atoms with Crippen LogP contribution in [0.1, 0.15) is 169 Å². The Morgan fingerprint density at radius 2 is 0.638 bits per heavy atom. The molecule has 1 saturated heterocycles. The molecule has 127 heavy (non-hydrogen) atoms. The summed E-state index contributed by atoms with van der Waals surface area (Å²) in [6.07, 6.45) is 12.0. The van der Waals surface area contributed by atoms with E-state index in [0.717, 1.165) is 151 Å². The number of hydrogen-bond acceptors (Lipinski definition) is 24. The number of nitrogens with zero attached hydrogens (tertiary/aromatic N) is 20. The first-order chi connectivity index (χ1) is 62.8. The molecule has 0 radical (unpaired) electrons. The molecule has 24 nitrogen and oxygen atoms in total. The van der Waals surface area contributed by atoms with E-state index in [9.17, 15) is 0 Å². The summed E-state index contributed by atoms with van der Waals surface area (Å²) in [4.78, 5) is 68.4. The van der Waals surface area contributed by atoms with Gasteiger partial charge in [0.05, 0.1) is 32.5 Å². The Morgan fingerprint density at radius 3 is 0.992 bits per heavy atom. The molecule has 0 unspecified atom stereocenters. The summed E-state index contributed by atoms with van der Waals surface area (Å²) in [7, 11) is 0. The van der Waals surface area contributed by atoms with Crippen LogP contribution in [0.3, 0.4) is 0 Å². The molecule has 0 N–H and O–H groups in total. The Bertz CT molecular complexity index is 6640. The minimum absolute atomic E-state index is 0.0837. The van der Waals surface area contributed by atoms with Gasteiger partial charge in [0, 0.05) is 156 Å². The van der Waals surface area contributed by atoms with Crippen LogP contribution in [0.15, 0.2) is 195 Å². The molecular weight excluding hydrogens is 1580 g/mol. The van der Waals surface area contributed by atoms with E-state index >= 15 is 0 Å². The Morgan fingerprint density at radius 1 is 0.331 bits per heavy atom. The van der Waals surface area contributed by atoms with Crippen LogP contribution in [0.4, 0.5) is 74.8 Å². The summed E-state index contributed by atoms with van der Waals surface area (Å²) in [6.45, 7) is 47.1. The van der Waals surface area contributed by atoms with Crippen LogP contribution >= 0.6 is 0 Å². The number of pyridine rings is 5. The number of anilines is 13. The fourth-order valence-electron chi connectivity index (χ4n) is 20.0. The van der Waals surface area contributed by atoms with Crippen molar-refractivity contribution in [2.75, 3.05) is 51.1 Å². The van der Waals surface area contributed by atoms with Gasteiger partial charge in [0.1, 0.15) is 24.7 Å². The van der Waals surface area contributed by atoms with Crippen molar-refractivity contribution in [1.82, 2.24) is 54.8 Å². The number of rotatable bonds is 8. The van der Waals surface area contributed by atoms with Gasteiger partial charge in [-0.15, -0.1) is 0 Å². The molecule has 17 aromatic rings. The predicted octanol–water partition coefficient (Wildman–Crippen LogP) is 24.6. The van der Waals surface area contributed by atoms with Gasteiger partial charge in [-0.25, -0.2) is 54.8 Å². The molecular formula is C103H114N20O4. The van der Waals surface area contributed by atoms with Crippen LogP contribution in [0, 0.1) is 67.7 Å². The van der Waals surface area contributed by atoms with Crippen molar-refractivity contribution >= 4 is 163 Å². The highest BCUT2D eigenvalue weighted by Crippen LogP contribution is 2.54. The van der Waals surface area contributed by atoms with E-state index in [0.29, 0.717) is 63.2 Å². The maximum absolute atomic E-state index is 8.70. The Balaban J connectivity index is 0.000000112. The minimum atomic E-state index is -2.35. The average Bonchev–Trinajstić information content (AvgIpc) is 1.57. The van der Waals surface area contributed by atoms with E-state index in [4.69, 9.17) is 25.9 Å². The number of aryl methyl sites for hydroxylation is 9. The number of aromatic nitrogens is 11. The third-order valence-corrected chi connectivity index (χ3v) is 25.7. The quantitative estimate of drug-likeness (QED) is 0.138. The first-order valence-electron chi connectivity index (χ1n) is 46.6. The average molecular weight is 1700 g/mol. The van der Waals surface area contributed by atoms with E-state index in [1.54, 1.807) is 37.2 Å². The van der Waals surface area contributed by atoms with Gasteiger partial charge in [-0.05, 0) is 259 Å². The van der Waals surface area contributed by atoms with Crippen molar-refractivity contribution in [2.24, 2.45) is 5.41 Å². The van der Waals surface area contributed by atoms with E-state index in [-0.39, 0.29) is 24.0 Å². The van der Waals surface area contributed by atoms with Gasteiger partial charge in [-0.2, -0.15) is 0 Å². The largest absolute Gasteiger partial charge is 0.435 e. The fraction of sp³-hybridized carbons (Fsp3) is 0.350. The molecule has 5 aliphatic rings. The van der Waals surface area contributed by atoms with E-state index in [1.165, 1.54) is 28.8 Å². The van der Waals surface area contributed by atoms with Crippen LogP contribution in [0.2, 0.25) is 0 Å². The van der Waals surface area contributed by atoms with E-state index in [2.05, 4.69) is 242 Å². The smallest absolute Gasteiger partial charge is 0.227 e. The van der Waals surface area contributed by atoms with Gasteiger partial charge >= 0.3 is 0 Å². The summed E-state index contributed by atoms with van der Waals surface area (Å²) in [5.74, 6) is 4.54. The molecule has 0 aliphatic carbocycles. The van der Waals surface area contributed by atoms with E-state index < -0.39 is 31.2 Å². The van der Waals surface area contributed by atoms with Crippen LogP contribution in [-0.4, -0.2) is 116 Å². The summed E-state index contributed by atoms with van der Waals surface area (Å²) in [5.41, 5.74) is 21.4. The molecule has 650 valence electrons. The lowest BCUT2D eigenvalue weighted by molar-refractivity contribution is 0.329. The van der Waals surface area contributed by atoms with Crippen LogP contribution in [-0.2, 0) is 0 Å².